The van der Waals surface area contributed by atoms with Crippen LogP contribution in [0.4, 0.5) is 0 Å². The third kappa shape index (κ3) is 0.943. The molecule has 1 nitrogen and oxygen atoms in total. The molecule has 12 heavy (non-hydrogen) atoms. The lowest BCUT2D eigenvalue weighted by Crippen LogP contribution is -1.82. The van der Waals surface area contributed by atoms with Crippen LogP contribution in [0.15, 0.2) is 36.5 Å². The van der Waals surface area contributed by atoms with Crippen LogP contribution >= 0.6 is 0 Å². The summed E-state index contributed by atoms with van der Waals surface area (Å²) >= 11 is 0. The summed E-state index contributed by atoms with van der Waals surface area (Å²) in [5, 5.41) is 2.18. The molecule has 0 atom stereocenters. The Bertz CT molecular complexity index is 447. The number of nitrogens with zero attached hydrogens (tertiary/aromatic N) is 1. The van der Waals surface area contributed by atoms with Crippen LogP contribution in [0.1, 0.15) is 5.69 Å². The maximum atomic E-state index is 5.30. The summed E-state index contributed by atoms with van der Waals surface area (Å²) in [4.78, 5) is 4.09. The van der Waals surface area contributed by atoms with Gasteiger partial charge in [-0.2, -0.15) is 0 Å². The van der Waals surface area contributed by atoms with E-state index < -0.39 is 0 Å². The molecule has 0 amide bonds. The molecule has 0 fully saturated rings. The third-order valence-electron chi connectivity index (χ3n) is 1.81. The van der Waals surface area contributed by atoms with Gasteiger partial charge in [-0.05, 0) is 17.4 Å². The molecule has 0 N–H and O–H groups in total. The molecule has 0 aliphatic rings. The zero-order chi connectivity index (χ0) is 8.39. The first kappa shape index (κ1) is 6.87. The van der Waals surface area contributed by atoms with Gasteiger partial charge >= 0.3 is 0 Å². The Hall–Kier alpha value is -1.81. The lowest BCUT2D eigenvalue weighted by molar-refractivity contribution is 1.32. The minimum absolute atomic E-state index is 0.716. The topological polar surface area (TPSA) is 12.9 Å². The first-order chi connectivity index (χ1) is 5.92. The predicted octanol–water partition coefficient (Wildman–Crippen LogP) is 2.22. The maximum absolute atomic E-state index is 5.30. The van der Waals surface area contributed by atoms with Crippen molar-refractivity contribution in [1.29, 1.82) is 0 Å². The van der Waals surface area contributed by atoms with Crippen molar-refractivity contribution in [2.45, 2.75) is 0 Å². The average Bonchev–Trinajstić information content (AvgIpc) is 2.17. The largest absolute Gasteiger partial charge is 0.247 e. The van der Waals surface area contributed by atoms with Gasteiger partial charge in [-0.15, -0.1) is 6.42 Å². The van der Waals surface area contributed by atoms with Gasteiger partial charge < -0.3 is 0 Å². The fraction of sp³-hybridized carbons (Fsp3) is 0. The second-order valence-corrected chi connectivity index (χ2v) is 2.53. The Morgan fingerprint density at radius 1 is 1.17 bits per heavy atom. The molecule has 2 aromatic rings. The lowest BCUT2D eigenvalue weighted by Gasteiger charge is -1.97. The Kier molecular flexibility index (Phi) is 1.53. The highest BCUT2D eigenvalue weighted by atomic mass is 14.7. The number of benzene rings is 1. The van der Waals surface area contributed by atoms with E-state index in [0.29, 0.717) is 5.69 Å². The van der Waals surface area contributed by atoms with Crippen LogP contribution in [0.25, 0.3) is 10.8 Å². The molecule has 0 saturated carbocycles. The van der Waals surface area contributed by atoms with E-state index in [1.165, 1.54) is 0 Å². The number of fused-ring (bicyclic) bond motifs is 1. The highest BCUT2D eigenvalue weighted by molar-refractivity contribution is 5.86. The highest BCUT2D eigenvalue weighted by Gasteiger charge is 1.96. The van der Waals surface area contributed by atoms with E-state index in [9.17, 15) is 0 Å². The average molecular weight is 153 g/mol. The standard InChI is InChI=1S/C11H7N/c1-2-11-10-6-4-3-5-9(10)7-8-12-11/h1,3-8H. The number of hydrogen-bond donors (Lipinski definition) is 0. The van der Waals surface area contributed by atoms with Gasteiger partial charge in [0.1, 0.15) is 5.69 Å². The summed E-state index contributed by atoms with van der Waals surface area (Å²) < 4.78 is 0. The molecule has 56 valence electrons. The van der Waals surface area contributed by atoms with Crippen LogP contribution in [-0.4, -0.2) is 4.98 Å². The van der Waals surface area contributed by atoms with Crippen LogP contribution in [0.2, 0.25) is 0 Å². The van der Waals surface area contributed by atoms with Crippen molar-refractivity contribution in [3.05, 3.63) is 42.2 Å². The smallest absolute Gasteiger partial charge is 0.120 e. The summed E-state index contributed by atoms with van der Waals surface area (Å²) in [6.07, 6.45) is 7.04. The summed E-state index contributed by atoms with van der Waals surface area (Å²) in [6, 6.07) is 9.92. The minimum atomic E-state index is 0.716. The van der Waals surface area contributed by atoms with E-state index in [1.807, 2.05) is 30.3 Å². The van der Waals surface area contributed by atoms with Crippen molar-refractivity contribution < 1.29 is 0 Å². The Morgan fingerprint density at radius 2 is 2.00 bits per heavy atom. The van der Waals surface area contributed by atoms with Gasteiger partial charge in [-0.1, -0.05) is 24.3 Å². The van der Waals surface area contributed by atoms with Crippen molar-refractivity contribution in [2.75, 3.05) is 0 Å². The number of terminal acetylenes is 1. The van der Waals surface area contributed by atoms with E-state index in [-0.39, 0.29) is 0 Å². The highest BCUT2D eigenvalue weighted by Crippen LogP contribution is 2.14. The van der Waals surface area contributed by atoms with Crippen molar-refractivity contribution in [1.82, 2.24) is 4.98 Å². The molecular weight excluding hydrogens is 146 g/mol. The van der Waals surface area contributed by atoms with E-state index in [0.717, 1.165) is 10.8 Å². The van der Waals surface area contributed by atoms with Crippen molar-refractivity contribution in [3.63, 3.8) is 0 Å². The second kappa shape index (κ2) is 2.67. The molecule has 0 aliphatic carbocycles. The fourth-order valence-electron chi connectivity index (χ4n) is 1.23. The quantitative estimate of drug-likeness (QED) is 0.529. The van der Waals surface area contributed by atoms with Crippen molar-refractivity contribution >= 4 is 10.8 Å². The molecule has 0 bridgehead atoms. The van der Waals surface area contributed by atoms with E-state index >= 15 is 0 Å². The molecular formula is C11H7N. The van der Waals surface area contributed by atoms with Crippen LogP contribution in [-0.2, 0) is 0 Å². The zero-order valence-corrected chi connectivity index (χ0v) is 6.49. The van der Waals surface area contributed by atoms with Crippen molar-refractivity contribution in [2.24, 2.45) is 0 Å². The summed E-state index contributed by atoms with van der Waals surface area (Å²) in [5.41, 5.74) is 0.716. The normalized spacial score (nSPS) is 9.58. The molecule has 1 heteroatoms. The van der Waals surface area contributed by atoms with E-state index in [1.54, 1.807) is 6.20 Å². The van der Waals surface area contributed by atoms with Crippen LogP contribution in [0, 0.1) is 12.3 Å². The number of hydrogen-bond acceptors (Lipinski definition) is 1. The zero-order valence-electron chi connectivity index (χ0n) is 6.49. The number of rotatable bonds is 0. The van der Waals surface area contributed by atoms with E-state index in [4.69, 9.17) is 6.42 Å². The Labute approximate surface area is 71.1 Å². The van der Waals surface area contributed by atoms with Gasteiger partial charge in [-0.3, -0.25) is 0 Å². The van der Waals surface area contributed by atoms with Gasteiger partial charge in [0.05, 0.1) is 0 Å². The molecule has 0 aliphatic heterocycles. The first-order valence-electron chi connectivity index (χ1n) is 3.72. The fourth-order valence-corrected chi connectivity index (χ4v) is 1.23. The van der Waals surface area contributed by atoms with Gasteiger partial charge in [0.2, 0.25) is 0 Å². The van der Waals surface area contributed by atoms with Crippen LogP contribution < -0.4 is 0 Å². The third-order valence-corrected chi connectivity index (χ3v) is 1.81. The summed E-state index contributed by atoms with van der Waals surface area (Å²) in [7, 11) is 0. The van der Waals surface area contributed by atoms with Crippen LogP contribution in [0.3, 0.4) is 0 Å². The minimum Gasteiger partial charge on any atom is -0.247 e. The maximum Gasteiger partial charge on any atom is 0.120 e. The molecule has 0 radical (unpaired) electrons. The Balaban J connectivity index is 2.91. The molecule has 1 heterocycles. The monoisotopic (exact) mass is 153 g/mol. The summed E-state index contributed by atoms with van der Waals surface area (Å²) in [5.74, 6) is 2.56. The molecule has 2 rings (SSSR count). The van der Waals surface area contributed by atoms with Gasteiger partial charge in [-0.25, -0.2) is 4.98 Å². The number of pyridine rings is 1. The number of aromatic nitrogens is 1. The SMILES string of the molecule is C#Cc1nccc2ccccc12. The molecule has 1 aromatic carbocycles. The lowest BCUT2D eigenvalue weighted by atomic mass is 10.1. The Morgan fingerprint density at radius 3 is 2.83 bits per heavy atom. The molecule has 0 spiro atoms. The van der Waals surface area contributed by atoms with Gasteiger partial charge in [0, 0.05) is 11.6 Å². The van der Waals surface area contributed by atoms with Crippen LogP contribution in [0.5, 0.6) is 0 Å². The van der Waals surface area contributed by atoms with Gasteiger partial charge in [0.15, 0.2) is 0 Å². The molecule has 1 aromatic heterocycles. The predicted molar refractivity (Wildman–Crippen MR) is 49.7 cm³/mol. The molecule has 0 saturated heterocycles. The first-order valence-corrected chi connectivity index (χ1v) is 3.72. The summed E-state index contributed by atoms with van der Waals surface area (Å²) in [6.45, 7) is 0. The van der Waals surface area contributed by atoms with Gasteiger partial charge in [0.25, 0.3) is 0 Å². The van der Waals surface area contributed by atoms with Crippen molar-refractivity contribution in [3.8, 4) is 12.3 Å². The van der Waals surface area contributed by atoms with E-state index in [2.05, 4.69) is 10.9 Å². The second-order valence-electron chi connectivity index (χ2n) is 2.53. The molecule has 0 unspecified atom stereocenters.